The fourth-order valence-electron chi connectivity index (χ4n) is 3.48. The summed E-state index contributed by atoms with van der Waals surface area (Å²) in [6.07, 6.45) is -17.3. The lowest BCUT2D eigenvalue weighted by Crippen LogP contribution is -2.41. The van der Waals surface area contributed by atoms with Gasteiger partial charge in [0.25, 0.3) is 0 Å². The average Bonchev–Trinajstić information content (AvgIpc) is 3.13. The Morgan fingerprint density at radius 3 is 2.08 bits per heavy atom. The maximum absolute atomic E-state index is 14.0. The van der Waals surface area contributed by atoms with Crippen LogP contribution in [-0.2, 0) is 26.1 Å². The number of alkyl halides is 6. The highest BCUT2D eigenvalue weighted by atomic mass is 19.3. The van der Waals surface area contributed by atoms with Crippen molar-refractivity contribution in [2.24, 2.45) is 13.0 Å². The minimum atomic E-state index is -5.33. The van der Waals surface area contributed by atoms with Crippen molar-refractivity contribution in [2.45, 2.75) is 45.2 Å². The zero-order valence-electron chi connectivity index (χ0n) is 20.9. The second-order valence-corrected chi connectivity index (χ2v) is 8.79. The zero-order chi connectivity index (χ0) is 28.1. The highest BCUT2D eigenvalue weighted by Crippen LogP contribution is 2.36. The molecule has 1 heterocycles. The molecular formula is C26H27F6NO5. The summed E-state index contributed by atoms with van der Waals surface area (Å²) in [5.41, 5.74) is 2.62. The smallest absolute Gasteiger partial charge is 0.493 e. The van der Waals surface area contributed by atoms with Crippen LogP contribution in [0.5, 0.6) is 5.75 Å². The van der Waals surface area contributed by atoms with Crippen molar-refractivity contribution in [3.05, 3.63) is 54.6 Å². The summed E-state index contributed by atoms with van der Waals surface area (Å²) in [5, 5.41) is 0.865. The number of rotatable bonds is 13. The van der Waals surface area contributed by atoms with Crippen LogP contribution in [-0.4, -0.2) is 42.3 Å². The number of ether oxygens (including phenoxy) is 4. The molecule has 0 fully saturated rings. The van der Waals surface area contributed by atoms with Gasteiger partial charge in [-0.3, -0.25) is 4.79 Å². The van der Waals surface area contributed by atoms with Crippen LogP contribution < -0.4 is 4.74 Å². The molecule has 3 rings (SSSR count). The van der Waals surface area contributed by atoms with Crippen molar-refractivity contribution in [1.29, 1.82) is 0 Å². The SMILES string of the molecule is CC(C)C(=O)OCCC(F)(F)OC(F)(F)OC(F)(F)CCOc1ccc2cc(-c3ccccc3)n(C)c2c1. The van der Waals surface area contributed by atoms with Crippen molar-refractivity contribution in [3.8, 4) is 17.0 Å². The van der Waals surface area contributed by atoms with Crippen molar-refractivity contribution in [1.82, 2.24) is 4.57 Å². The first-order valence-corrected chi connectivity index (χ1v) is 11.7. The topological polar surface area (TPSA) is 58.9 Å². The Balaban J connectivity index is 1.54. The van der Waals surface area contributed by atoms with E-state index in [-0.39, 0.29) is 5.75 Å². The van der Waals surface area contributed by atoms with Crippen LogP contribution in [0.1, 0.15) is 26.7 Å². The van der Waals surface area contributed by atoms with E-state index in [1.807, 2.05) is 48.0 Å². The Labute approximate surface area is 215 Å². The third-order valence-corrected chi connectivity index (χ3v) is 5.39. The Hall–Kier alpha value is -3.25. The van der Waals surface area contributed by atoms with Crippen LogP contribution in [0, 0.1) is 5.92 Å². The molecule has 0 unspecified atom stereocenters. The van der Waals surface area contributed by atoms with Crippen LogP contribution in [0.25, 0.3) is 22.2 Å². The van der Waals surface area contributed by atoms with Crippen LogP contribution >= 0.6 is 0 Å². The quantitative estimate of drug-likeness (QED) is 0.131. The monoisotopic (exact) mass is 547 g/mol. The predicted molar refractivity (Wildman–Crippen MR) is 126 cm³/mol. The number of aromatic nitrogens is 1. The standard InChI is InChI=1S/C26H27F6NO5/c1-17(2)23(34)36-14-12-25(29,30)38-26(31,32)37-24(27,28)11-13-35-20-10-9-19-15-21(33(3)22(19)16-20)18-7-5-4-6-8-18/h4-10,15-17H,11-14H2,1-3H3. The molecule has 12 heteroatoms. The first kappa shape index (κ1) is 29.3. The molecule has 0 saturated carbocycles. The zero-order valence-corrected chi connectivity index (χ0v) is 20.9. The number of carbonyl (C=O) groups excluding carboxylic acids is 1. The first-order valence-electron chi connectivity index (χ1n) is 11.7. The van der Waals surface area contributed by atoms with Crippen LogP contribution in [0.15, 0.2) is 54.6 Å². The van der Waals surface area contributed by atoms with E-state index < -0.39 is 56.5 Å². The van der Waals surface area contributed by atoms with Crippen LogP contribution in [0.2, 0.25) is 0 Å². The van der Waals surface area contributed by atoms with E-state index in [9.17, 15) is 31.1 Å². The number of nitrogens with zero attached hydrogens (tertiary/aromatic N) is 1. The molecule has 0 aliphatic carbocycles. The molecule has 1 aromatic heterocycles. The highest BCUT2D eigenvalue weighted by molar-refractivity contribution is 5.88. The maximum Gasteiger partial charge on any atom is 0.494 e. The Morgan fingerprint density at radius 1 is 0.868 bits per heavy atom. The average molecular weight is 547 g/mol. The molecule has 3 aromatic rings. The van der Waals surface area contributed by atoms with Crippen LogP contribution in [0.4, 0.5) is 26.3 Å². The summed E-state index contributed by atoms with van der Waals surface area (Å²) in [5.74, 6) is -1.27. The van der Waals surface area contributed by atoms with E-state index in [1.165, 1.54) is 19.9 Å². The number of halogens is 6. The van der Waals surface area contributed by atoms with Gasteiger partial charge < -0.3 is 14.0 Å². The molecule has 0 aliphatic rings. The summed E-state index contributed by atoms with van der Waals surface area (Å²) in [6.45, 7) is 1.16. The fourth-order valence-corrected chi connectivity index (χ4v) is 3.48. The van der Waals surface area contributed by atoms with Gasteiger partial charge in [-0.15, -0.1) is 8.78 Å². The molecule has 38 heavy (non-hydrogen) atoms. The number of esters is 1. The van der Waals surface area contributed by atoms with E-state index in [0.717, 1.165) is 22.2 Å². The number of aryl methyl sites for hydroxylation is 1. The van der Waals surface area contributed by atoms with E-state index in [4.69, 9.17) is 4.74 Å². The number of carbonyl (C=O) groups is 1. The van der Waals surface area contributed by atoms with E-state index in [2.05, 4.69) is 14.2 Å². The molecule has 208 valence electrons. The first-order chi connectivity index (χ1) is 17.7. The Bertz CT molecular complexity index is 1230. The minimum Gasteiger partial charge on any atom is -0.493 e. The highest BCUT2D eigenvalue weighted by Gasteiger charge is 2.52. The maximum atomic E-state index is 14.0. The predicted octanol–water partition coefficient (Wildman–Crippen LogP) is 6.97. The summed E-state index contributed by atoms with van der Waals surface area (Å²) in [7, 11) is 1.82. The molecule has 6 nitrogen and oxygen atoms in total. The largest absolute Gasteiger partial charge is 0.494 e. The van der Waals surface area contributed by atoms with Gasteiger partial charge in [-0.05, 0) is 23.8 Å². The van der Waals surface area contributed by atoms with Crippen molar-refractivity contribution >= 4 is 16.9 Å². The summed E-state index contributed by atoms with van der Waals surface area (Å²) in [4.78, 5) is 11.3. The summed E-state index contributed by atoms with van der Waals surface area (Å²) in [6, 6.07) is 16.3. The lowest BCUT2D eigenvalue weighted by molar-refractivity contribution is -0.514. The van der Waals surface area contributed by atoms with Gasteiger partial charge in [-0.25, -0.2) is 9.47 Å². The van der Waals surface area contributed by atoms with Crippen molar-refractivity contribution in [3.63, 3.8) is 0 Å². The number of hydrogen-bond acceptors (Lipinski definition) is 5. The Kier molecular flexibility index (Phi) is 8.98. The third kappa shape index (κ3) is 8.12. The summed E-state index contributed by atoms with van der Waals surface area (Å²) < 4.78 is 101. The van der Waals surface area contributed by atoms with Crippen molar-refractivity contribution in [2.75, 3.05) is 13.2 Å². The number of fused-ring (bicyclic) bond motifs is 1. The van der Waals surface area contributed by atoms with Gasteiger partial charge in [0.2, 0.25) is 0 Å². The van der Waals surface area contributed by atoms with E-state index in [0.29, 0.717) is 0 Å². The lowest BCUT2D eigenvalue weighted by atomic mass is 10.1. The third-order valence-electron chi connectivity index (χ3n) is 5.39. The van der Waals surface area contributed by atoms with Gasteiger partial charge in [0, 0.05) is 24.2 Å². The van der Waals surface area contributed by atoms with Gasteiger partial charge >= 0.3 is 24.5 Å². The molecule has 0 amide bonds. The Morgan fingerprint density at radius 2 is 1.47 bits per heavy atom. The molecule has 0 N–H and O–H groups in total. The second kappa shape index (κ2) is 11.6. The molecule has 2 aromatic carbocycles. The molecule has 0 radical (unpaired) electrons. The van der Waals surface area contributed by atoms with E-state index >= 15 is 0 Å². The molecule has 0 atom stereocenters. The van der Waals surface area contributed by atoms with Crippen LogP contribution in [0.3, 0.4) is 0 Å². The normalized spacial score (nSPS) is 12.8. The number of hydrogen-bond donors (Lipinski definition) is 0. The second-order valence-electron chi connectivity index (χ2n) is 8.79. The minimum absolute atomic E-state index is 0.194. The molecule has 0 saturated heterocycles. The van der Waals surface area contributed by atoms with Gasteiger partial charge in [-0.2, -0.15) is 17.6 Å². The van der Waals surface area contributed by atoms with Gasteiger partial charge in [0.15, 0.2) is 0 Å². The fraction of sp³-hybridized carbons (Fsp3) is 0.423. The lowest BCUT2D eigenvalue weighted by Gasteiger charge is -2.26. The molecular weight excluding hydrogens is 520 g/mol. The van der Waals surface area contributed by atoms with Gasteiger partial charge in [0.05, 0.1) is 37.5 Å². The van der Waals surface area contributed by atoms with Gasteiger partial charge in [0.1, 0.15) is 5.75 Å². The van der Waals surface area contributed by atoms with E-state index in [1.54, 1.807) is 12.1 Å². The summed E-state index contributed by atoms with van der Waals surface area (Å²) >= 11 is 0. The molecule has 0 spiro atoms. The van der Waals surface area contributed by atoms with Crippen molar-refractivity contribution < 1.29 is 50.1 Å². The number of benzene rings is 2. The van der Waals surface area contributed by atoms with Gasteiger partial charge in [-0.1, -0.05) is 44.2 Å². The molecule has 0 bridgehead atoms. The molecule has 0 aliphatic heterocycles.